The molecule has 0 atom stereocenters. The van der Waals surface area contributed by atoms with Crippen LogP contribution in [-0.2, 0) is 5.41 Å². The predicted octanol–water partition coefficient (Wildman–Crippen LogP) is 5.15. The molecular formula is C29H21N3Se2. The van der Waals surface area contributed by atoms with Crippen LogP contribution < -0.4 is 13.8 Å². The summed E-state index contributed by atoms with van der Waals surface area (Å²) in [6.45, 7) is 4.31. The Kier molecular flexibility index (Phi) is 5.21. The predicted molar refractivity (Wildman–Crippen MR) is 143 cm³/mol. The fourth-order valence-electron chi connectivity index (χ4n) is 4.66. The average Bonchev–Trinajstić information content (AvgIpc) is 3.43. The van der Waals surface area contributed by atoms with Crippen LogP contribution in [-0.4, -0.2) is 35.2 Å². The first-order valence-corrected chi connectivity index (χ1v) is 14.6. The van der Waals surface area contributed by atoms with Crippen LogP contribution in [0.3, 0.4) is 0 Å². The summed E-state index contributed by atoms with van der Waals surface area (Å²) >= 11 is 0.393. The number of rotatable bonds is 3. The van der Waals surface area contributed by atoms with Gasteiger partial charge in [-0.2, -0.15) is 0 Å². The summed E-state index contributed by atoms with van der Waals surface area (Å²) < 4.78 is 5.31. The maximum absolute atomic E-state index is 10.1. The van der Waals surface area contributed by atoms with Gasteiger partial charge in [0.15, 0.2) is 0 Å². The van der Waals surface area contributed by atoms with E-state index in [1.807, 2.05) is 18.2 Å². The van der Waals surface area contributed by atoms with Crippen LogP contribution >= 0.6 is 0 Å². The third-order valence-corrected chi connectivity index (χ3v) is 10.8. The van der Waals surface area contributed by atoms with Crippen molar-refractivity contribution in [1.29, 1.82) is 5.26 Å². The van der Waals surface area contributed by atoms with Crippen LogP contribution in [0.4, 0.5) is 21.6 Å². The molecule has 4 aromatic rings. The number of nitriles is 1. The van der Waals surface area contributed by atoms with E-state index in [-0.39, 0.29) is 19.9 Å². The average molecular weight is 569 g/mol. The third kappa shape index (κ3) is 3.43. The van der Waals surface area contributed by atoms with Gasteiger partial charge in [0.1, 0.15) is 0 Å². The van der Waals surface area contributed by atoms with Gasteiger partial charge in [-0.05, 0) is 0 Å². The van der Waals surface area contributed by atoms with E-state index >= 15 is 0 Å². The molecule has 5 heteroatoms. The van der Waals surface area contributed by atoms with Gasteiger partial charge in [-0.3, -0.25) is 0 Å². The van der Waals surface area contributed by atoms with Crippen molar-refractivity contribution in [2.45, 2.75) is 19.3 Å². The van der Waals surface area contributed by atoms with E-state index in [2.05, 4.69) is 97.6 Å². The molecule has 0 radical (unpaired) electrons. The maximum atomic E-state index is 10.1. The molecule has 0 saturated heterocycles. The summed E-state index contributed by atoms with van der Waals surface area (Å²) in [7, 11) is 0. The van der Waals surface area contributed by atoms with E-state index < -0.39 is 0 Å². The van der Waals surface area contributed by atoms with Gasteiger partial charge in [0, 0.05) is 0 Å². The van der Waals surface area contributed by atoms with Gasteiger partial charge >= 0.3 is 213 Å². The Morgan fingerprint density at radius 2 is 1.53 bits per heavy atom. The van der Waals surface area contributed by atoms with E-state index in [0.29, 0.717) is 20.5 Å². The topological polar surface area (TPSA) is 39.4 Å². The van der Waals surface area contributed by atoms with Crippen molar-refractivity contribution in [1.82, 2.24) is 0 Å². The van der Waals surface area contributed by atoms with Gasteiger partial charge in [-0.15, -0.1) is 0 Å². The number of aliphatic imine (C=N–C) groups is 1. The van der Waals surface area contributed by atoms with Crippen molar-refractivity contribution in [2.75, 3.05) is 4.90 Å². The Hall–Kier alpha value is -3.12. The molecule has 0 N–H and O–H groups in total. The van der Waals surface area contributed by atoms with Gasteiger partial charge in [0.2, 0.25) is 0 Å². The molecule has 6 rings (SSSR count). The number of para-hydroxylation sites is 3. The van der Waals surface area contributed by atoms with E-state index in [1.54, 1.807) is 0 Å². The summed E-state index contributed by atoms with van der Waals surface area (Å²) in [5.74, 6) is 0. The van der Waals surface area contributed by atoms with Crippen molar-refractivity contribution in [3.63, 3.8) is 0 Å². The van der Waals surface area contributed by atoms with E-state index in [0.717, 1.165) is 11.4 Å². The van der Waals surface area contributed by atoms with E-state index in [9.17, 15) is 5.26 Å². The third-order valence-electron chi connectivity index (χ3n) is 6.33. The molecule has 0 saturated carbocycles. The number of fused-ring (bicyclic) bond motifs is 3. The zero-order valence-corrected chi connectivity index (χ0v) is 22.2. The molecular weight excluding hydrogens is 548 g/mol. The van der Waals surface area contributed by atoms with Crippen LogP contribution in [0.25, 0.3) is 6.08 Å². The molecule has 34 heavy (non-hydrogen) atoms. The molecule has 3 heterocycles. The Bertz CT molecular complexity index is 1490. The van der Waals surface area contributed by atoms with E-state index in [4.69, 9.17) is 4.99 Å². The van der Waals surface area contributed by atoms with Crippen molar-refractivity contribution >= 4 is 71.8 Å². The zero-order valence-electron chi connectivity index (χ0n) is 18.8. The monoisotopic (exact) mass is 571 g/mol. The quantitative estimate of drug-likeness (QED) is 0.223. The second-order valence-electron chi connectivity index (χ2n) is 8.82. The minimum absolute atomic E-state index is 0.0861. The van der Waals surface area contributed by atoms with Crippen LogP contribution in [0.2, 0.25) is 0 Å². The number of nitrogens with zero attached hydrogens (tertiary/aromatic N) is 3. The van der Waals surface area contributed by atoms with Crippen LogP contribution in [0.1, 0.15) is 23.8 Å². The second-order valence-corrected chi connectivity index (χ2v) is 13.4. The fourth-order valence-corrected chi connectivity index (χ4v) is 8.93. The van der Waals surface area contributed by atoms with Gasteiger partial charge in [-0.1, -0.05) is 0 Å². The molecule has 0 bridgehead atoms. The second kappa shape index (κ2) is 8.27. The molecule has 2 aliphatic heterocycles. The van der Waals surface area contributed by atoms with Crippen LogP contribution in [0.15, 0.2) is 95.5 Å². The first-order valence-electron chi connectivity index (χ1n) is 11.1. The van der Waals surface area contributed by atoms with Gasteiger partial charge in [0.05, 0.1) is 0 Å². The van der Waals surface area contributed by atoms with Gasteiger partial charge in [0.25, 0.3) is 0 Å². The van der Waals surface area contributed by atoms with E-state index in [1.165, 1.54) is 34.9 Å². The Morgan fingerprint density at radius 1 is 0.882 bits per heavy atom. The number of hydrogen-bond donors (Lipinski definition) is 0. The van der Waals surface area contributed by atoms with Crippen molar-refractivity contribution in [3.05, 3.63) is 101 Å². The van der Waals surface area contributed by atoms with Crippen molar-refractivity contribution in [2.24, 2.45) is 4.99 Å². The Labute approximate surface area is 212 Å². The van der Waals surface area contributed by atoms with Crippen molar-refractivity contribution < 1.29 is 0 Å². The first kappa shape index (κ1) is 21.4. The first-order chi connectivity index (χ1) is 16.6. The summed E-state index contributed by atoms with van der Waals surface area (Å²) in [4.78, 5) is 7.29. The molecule has 0 aliphatic carbocycles. The molecule has 0 amide bonds. The summed E-state index contributed by atoms with van der Waals surface area (Å²) in [5.41, 5.74) is 5.95. The Morgan fingerprint density at radius 3 is 2.21 bits per heavy atom. The summed E-state index contributed by atoms with van der Waals surface area (Å²) in [5, 5.41) is 10.1. The van der Waals surface area contributed by atoms with Crippen molar-refractivity contribution in [3.8, 4) is 6.07 Å². The van der Waals surface area contributed by atoms with Gasteiger partial charge in [-0.25, -0.2) is 0 Å². The Balaban J connectivity index is 1.41. The number of anilines is 3. The minimum atomic E-state index is -0.284. The fraction of sp³-hybridized carbons (Fsp3) is 0.103. The SMILES string of the molecule is CC1(C)C(/C(C#N)=C/c2ccc(N3c4ccccc4[Se]c4ccccc43)[se]2)=Nc2ccccc21. The number of hydrogen-bond acceptors (Lipinski definition) is 3. The summed E-state index contributed by atoms with van der Waals surface area (Å²) in [6, 6.07) is 32.5. The van der Waals surface area contributed by atoms with Crippen LogP contribution in [0, 0.1) is 11.3 Å². The zero-order chi connectivity index (χ0) is 23.3. The standard InChI is InChI=1S/C29H21N3Se2/c1-29(2)21-9-3-4-10-22(21)31-28(29)19(18-30)17-20-15-16-27(33-20)32-23-11-5-7-13-25(23)34-26-14-8-6-12-24(26)32/h3-17H,1-2H3/b19-17+. The molecule has 164 valence electrons. The van der Waals surface area contributed by atoms with Gasteiger partial charge < -0.3 is 0 Å². The normalized spacial score (nSPS) is 15.7. The number of benzene rings is 3. The molecule has 3 aromatic carbocycles. The summed E-state index contributed by atoms with van der Waals surface area (Å²) in [6.07, 6.45) is 2.06. The molecule has 3 nitrogen and oxygen atoms in total. The molecule has 0 fully saturated rings. The molecule has 2 aliphatic rings. The van der Waals surface area contributed by atoms with Crippen LogP contribution in [0.5, 0.6) is 0 Å². The molecule has 0 spiro atoms. The molecule has 1 aromatic heterocycles. The number of allylic oxidation sites excluding steroid dienone is 1. The molecule has 0 unspecified atom stereocenters.